The average Bonchev–Trinajstić information content (AvgIpc) is 2.22. The fraction of sp³-hybridized carbons (Fsp3) is 0.909. The number of ether oxygens (including phenoxy) is 1. The van der Waals surface area contributed by atoms with Crippen molar-refractivity contribution in [2.45, 2.75) is 52.2 Å². The Morgan fingerprint density at radius 3 is 2.60 bits per heavy atom. The second kappa shape index (κ2) is 6.80. The van der Waals surface area contributed by atoms with Gasteiger partial charge < -0.3 is 15.8 Å². The Bertz CT molecular complexity index is 193. The molecule has 0 aliphatic heterocycles. The normalized spacial score (nSPS) is 16.9. The molecule has 3 N–H and O–H groups in total. The zero-order valence-electron chi connectivity index (χ0n) is 10.3. The van der Waals surface area contributed by atoms with Crippen LogP contribution < -0.4 is 11.1 Å². The second-order valence-electron chi connectivity index (χ2n) is 4.25. The van der Waals surface area contributed by atoms with E-state index in [0.29, 0.717) is 13.2 Å². The second-order valence-corrected chi connectivity index (χ2v) is 4.25. The lowest BCUT2D eigenvalue weighted by Gasteiger charge is -2.24. The molecule has 0 fully saturated rings. The van der Waals surface area contributed by atoms with Crippen LogP contribution in [0.5, 0.6) is 0 Å². The van der Waals surface area contributed by atoms with Crippen LogP contribution in [0.15, 0.2) is 0 Å². The number of nitrogens with two attached hydrogens (primary N) is 1. The Balaban J connectivity index is 3.82. The van der Waals surface area contributed by atoms with Gasteiger partial charge in [-0.2, -0.15) is 0 Å². The molecular formula is C11H24N2O2. The number of rotatable bonds is 7. The van der Waals surface area contributed by atoms with Gasteiger partial charge in [-0.1, -0.05) is 13.8 Å². The molecule has 0 aliphatic rings. The van der Waals surface area contributed by atoms with Crippen molar-refractivity contribution in [3.05, 3.63) is 0 Å². The van der Waals surface area contributed by atoms with Gasteiger partial charge in [0.15, 0.2) is 0 Å². The summed E-state index contributed by atoms with van der Waals surface area (Å²) in [7, 11) is 0. The van der Waals surface area contributed by atoms with Gasteiger partial charge >= 0.3 is 0 Å². The van der Waals surface area contributed by atoms with Crippen molar-refractivity contribution < 1.29 is 9.53 Å². The van der Waals surface area contributed by atoms with Crippen LogP contribution in [0, 0.1) is 0 Å². The molecule has 0 saturated heterocycles. The van der Waals surface area contributed by atoms with Gasteiger partial charge in [-0.05, 0) is 26.7 Å². The summed E-state index contributed by atoms with van der Waals surface area (Å²) in [5.74, 6) is -0.0660. The number of nitrogens with one attached hydrogen (secondary N) is 1. The van der Waals surface area contributed by atoms with E-state index in [4.69, 9.17) is 10.5 Å². The quantitative estimate of drug-likeness (QED) is 0.668. The molecule has 90 valence electrons. The highest BCUT2D eigenvalue weighted by atomic mass is 16.5. The summed E-state index contributed by atoms with van der Waals surface area (Å²) in [5.41, 5.74) is 5.56. The summed E-state index contributed by atoms with van der Waals surface area (Å²) in [5, 5.41) is 2.78. The summed E-state index contributed by atoms with van der Waals surface area (Å²) in [4.78, 5) is 11.4. The summed E-state index contributed by atoms with van der Waals surface area (Å²) in [6.45, 7) is 8.79. The Hall–Kier alpha value is -0.610. The lowest BCUT2D eigenvalue weighted by molar-refractivity contribution is -0.132. The third-order valence-electron chi connectivity index (χ3n) is 2.39. The summed E-state index contributed by atoms with van der Waals surface area (Å²) in [6.07, 6.45) is 1.34. The molecule has 2 atom stereocenters. The molecule has 4 heteroatoms. The smallest absolute Gasteiger partial charge is 0.248 e. The maximum absolute atomic E-state index is 11.4. The maximum atomic E-state index is 11.4. The van der Waals surface area contributed by atoms with Crippen molar-refractivity contribution >= 4 is 5.91 Å². The van der Waals surface area contributed by atoms with Crippen molar-refractivity contribution in [3.63, 3.8) is 0 Å². The van der Waals surface area contributed by atoms with Crippen LogP contribution in [-0.4, -0.2) is 30.7 Å². The number of carbonyl (C=O) groups is 1. The molecule has 0 saturated carbocycles. The molecule has 0 bridgehead atoms. The van der Waals surface area contributed by atoms with Gasteiger partial charge in [0, 0.05) is 12.1 Å². The molecule has 0 spiro atoms. The lowest BCUT2D eigenvalue weighted by Crippen LogP contribution is -2.44. The van der Waals surface area contributed by atoms with Crippen molar-refractivity contribution in [2.24, 2.45) is 5.73 Å². The van der Waals surface area contributed by atoms with E-state index in [1.165, 1.54) is 0 Å². The number of hydrogen-bond acceptors (Lipinski definition) is 3. The highest BCUT2D eigenvalue weighted by Crippen LogP contribution is 2.06. The maximum Gasteiger partial charge on any atom is 0.248 e. The van der Waals surface area contributed by atoms with E-state index < -0.39 is 6.10 Å². The highest BCUT2D eigenvalue weighted by Gasteiger charge is 2.20. The number of carbonyl (C=O) groups excluding carboxylic acids is 1. The molecule has 2 unspecified atom stereocenters. The monoisotopic (exact) mass is 216 g/mol. The molecule has 0 rings (SSSR count). The van der Waals surface area contributed by atoms with Crippen LogP contribution in [0.4, 0.5) is 0 Å². The van der Waals surface area contributed by atoms with Crippen molar-refractivity contribution in [1.82, 2.24) is 5.32 Å². The third kappa shape index (κ3) is 6.47. The van der Waals surface area contributed by atoms with Crippen LogP contribution in [0.25, 0.3) is 0 Å². The van der Waals surface area contributed by atoms with Crippen molar-refractivity contribution in [1.29, 1.82) is 0 Å². The zero-order valence-corrected chi connectivity index (χ0v) is 10.3. The number of amides is 1. The lowest BCUT2D eigenvalue weighted by atomic mass is 10.0. The minimum atomic E-state index is -0.425. The molecule has 15 heavy (non-hydrogen) atoms. The van der Waals surface area contributed by atoms with Crippen LogP contribution in [0.1, 0.15) is 40.5 Å². The first-order valence-corrected chi connectivity index (χ1v) is 5.61. The Labute approximate surface area is 92.6 Å². The summed E-state index contributed by atoms with van der Waals surface area (Å²) < 4.78 is 5.42. The topological polar surface area (TPSA) is 64.3 Å². The zero-order chi connectivity index (χ0) is 11.9. The molecule has 0 aliphatic carbocycles. The molecule has 0 aromatic heterocycles. The first-order valence-electron chi connectivity index (χ1n) is 5.61. The average molecular weight is 216 g/mol. The standard InChI is InChI=1S/C11H24N2O2/c1-5-7-13-10(14)9(3)15-8-11(4,12)6-2/h9H,5-8,12H2,1-4H3,(H,13,14). The van der Waals surface area contributed by atoms with Crippen LogP contribution in [0.2, 0.25) is 0 Å². The molecule has 0 aromatic carbocycles. The SMILES string of the molecule is CCCNC(=O)C(C)OCC(C)(N)CC. The largest absolute Gasteiger partial charge is 0.367 e. The Morgan fingerprint density at radius 1 is 1.53 bits per heavy atom. The molecule has 4 nitrogen and oxygen atoms in total. The molecule has 1 amide bonds. The first kappa shape index (κ1) is 14.4. The fourth-order valence-electron chi connectivity index (χ4n) is 0.885. The van der Waals surface area contributed by atoms with E-state index in [1.807, 2.05) is 20.8 Å². The van der Waals surface area contributed by atoms with E-state index in [1.54, 1.807) is 6.92 Å². The molecular weight excluding hydrogens is 192 g/mol. The van der Waals surface area contributed by atoms with E-state index >= 15 is 0 Å². The van der Waals surface area contributed by atoms with Gasteiger partial charge in [0.25, 0.3) is 0 Å². The van der Waals surface area contributed by atoms with Gasteiger partial charge in [-0.15, -0.1) is 0 Å². The first-order chi connectivity index (χ1) is 6.93. The van der Waals surface area contributed by atoms with E-state index in [9.17, 15) is 4.79 Å². The third-order valence-corrected chi connectivity index (χ3v) is 2.39. The van der Waals surface area contributed by atoms with Gasteiger partial charge in [-0.3, -0.25) is 4.79 Å². The van der Waals surface area contributed by atoms with Crippen LogP contribution >= 0.6 is 0 Å². The van der Waals surface area contributed by atoms with Crippen LogP contribution in [0.3, 0.4) is 0 Å². The van der Waals surface area contributed by atoms with E-state index in [2.05, 4.69) is 5.32 Å². The molecule has 0 radical (unpaired) electrons. The van der Waals surface area contributed by atoms with Crippen LogP contribution in [-0.2, 0) is 9.53 Å². The summed E-state index contributed by atoms with van der Waals surface area (Å²) >= 11 is 0. The number of hydrogen-bond donors (Lipinski definition) is 2. The summed E-state index contributed by atoms with van der Waals surface area (Å²) in [6, 6.07) is 0. The highest BCUT2D eigenvalue weighted by molar-refractivity contribution is 5.80. The van der Waals surface area contributed by atoms with E-state index in [0.717, 1.165) is 12.8 Å². The Kier molecular flexibility index (Phi) is 6.52. The Morgan fingerprint density at radius 2 is 2.13 bits per heavy atom. The van der Waals surface area contributed by atoms with Gasteiger partial charge in [0.2, 0.25) is 5.91 Å². The minimum Gasteiger partial charge on any atom is -0.367 e. The molecule has 0 heterocycles. The minimum absolute atomic E-state index is 0.0660. The van der Waals surface area contributed by atoms with Gasteiger partial charge in [-0.25, -0.2) is 0 Å². The fourth-order valence-corrected chi connectivity index (χ4v) is 0.885. The van der Waals surface area contributed by atoms with Crippen molar-refractivity contribution in [3.8, 4) is 0 Å². The predicted octanol–water partition coefficient (Wildman–Crippen LogP) is 1.05. The van der Waals surface area contributed by atoms with Gasteiger partial charge in [0.1, 0.15) is 6.10 Å². The predicted molar refractivity (Wildman–Crippen MR) is 61.6 cm³/mol. The van der Waals surface area contributed by atoms with Crippen molar-refractivity contribution in [2.75, 3.05) is 13.2 Å². The van der Waals surface area contributed by atoms with Gasteiger partial charge in [0.05, 0.1) is 6.61 Å². The van der Waals surface area contributed by atoms with E-state index in [-0.39, 0.29) is 11.4 Å². The molecule has 0 aromatic rings.